The van der Waals surface area contributed by atoms with Gasteiger partial charge in [0.15, 0.2) is 17.3 Å². The number of primary sulfonamides is 1. The molecular formula is C25H25F2N7O4S. The number of aromatic nitrogens is 4. The number of nitrogens with one attached hydrogen (secondary N) is 1. The van der Waals surface area contributed by atoms with Gasteiger partial charge in [0.05, 0.1) is 18.0 Å². The molecule has 0 atom stereocenters. The molecule has 3 heterocycles. The minimum absolute atomic E-state index is 0.0126. The second-order valence-corrected chi connectivity index (χ2v) is 11.2. The van der Waals surface area contributed by atoms with Crippen molar-refractivity contribution in [2.45, 2.75) is 24.6 Å². The number of nitrogens with two attached hydrogens (primary N) is 1. The minimum atomic E-state index is -3.61. The Hall–Kier alpha value is -4.17. The summed E-state index contributed by atoms with van der Waals surface area (Å²) in [7, 11) is -2.06. The van der Waals surface area contributed by atoms with Crippen molar-refractivity contribution in [3.63, 3.8) is 0 Å². The zero-order chi connectivity index (χ0) is 27.9. The van der Waals surface area contributed by atoms with E-state index in [1.54, 1.807) is 36.2 Å². The molecule has 3 N–H and O–H groups in total. The largest absolute Gasteiger partial charge is 0.339 e. The summed E-state index contributed by atoms with van der Waals surface area (Å²) in [6.45, 7) is 0.628. The van der Waals surface area contributed by atoms with E-state index in [4.69, 9.17) is 5.14 Å². The van der Waals surface area contributed by atoms with Crippen molar-refractivity contribution in [1.29, 1.82) is 0 Å². The number of carbonyl (C=O) groups excluding carboxylic acids is 1. The number of anilines is 2. The average Bonchev–Trinajstić information content (AvgIpc) is 3.14. The van der Waals surface area contributed by atoms with Crippen molar-refractivity contribution in [2.75, 3.05) is 18.4 Å². The molecule has 4 aromatic rings. The second kappa shape index (κ2) is 10.2. The summed E-state index contributed by atoms with van der Waals surface area (Å²) >= 11 is 0. The standard InChI is InChI=1S/C25H25F2N7O4S/c1-32-22-21(34(25(32)36)14-15-2-7-19(26)20(27)12-15)13-29-24(31-22)30-17-5-3-16(4-6-17)23(35)33-10-8-18(9-11-33)39(28,37)38/h2-7,12-13,18H,8-11,14H2,1H3,(H2,28,37,38)(H,29,30,31). The highest BCUT2D eigenvalue weighted by Gasteiger charge is 2.29. The summed E-state index contributed by atoms with van der Waals surface area (Å²) in [6.07, 6.45) is 2.07. The van der Waals surface area contributed by atoms with Gasteiger partial charge in [-0.1, -0.05) is 6.07 Å². The summed E-state index contributed by atoms with van der Waals surface area (Å²) in [4.78, 5) is 36.0. The summed E-state index contributed by atoms with van der Waals surface area (Å²) in [6, 6.07) is 10.1. The van der Waals surface area contributed by atoms with Crippen LogP contribution >= 0.6 is 0 Å². The lowest BCUT2D eigenvalue weighted by atomic mass is 10.1. The first kappa shape index (κ1) is 26.4. The van der Waals surface area contributed by atoms with Crippen LogP contribution in [-0.2, 0) is 23.6 Å². The Balaban J connectivity index is 1.30. The van der Waals surface area contributed by atoms with Gasteiger partial charge in [0, 0.05) is 31.4 Å². The van der Waals surface area contributed by atoms with Crippen LogP contribution in [-0.4, -0.2) is 56.7 Å². The SMILES string of the molecule is Cn1c(=O)n(Cc2ccc(F)c(F)c2)c2cnc(Nc3ccc(C(=O)N4CCC(S(N)(=O)=O)CC4)cc3)nc21. The maximum absolute atomic E-state index is 13.6. The molecule has 0 bridgehead atoms. The van der Waals surface area contributed by atoms with E-state index in [1.165, 1.54) is 21.4 Å². The molecule has 204 valence electrons. The predicted octanol–water partition coefficient (Wildman–Crippen LogP) is 2.09. The maximum Gasteiger partial charge on any atom is 0.330 e. The van der Waals surface area contributed by atoms with Gasteiger partial charge in [0.2, 0.25) is 16.0 Å². The second-order valence-electron chi connectivity index (χ2n) is 9.36. The molecule has 1 amide bonds. The number of aryl methyl sites for hydroxylation is 1. The fraction of sp³-hybridized carbons (Fsp3) is 0.280. The Morgan fingerprint density at radius 3 is 2.44 bits per heavy atom. The van der Waals surface area contributed by atoms with Crippen molar-refractivity contribution in [3.8, 4) is 0 Å². The molecule has 2 aromatic heterocycles. The number of likely N-dealkylation sites (tertiary alicyclic amines) is 1. The first-order chi connectivity index (χ1) is 18.5. The van der Waals surface area contributed by atoms with E-state index >= 15 is 0 Å². The van der Waals surface area contributed by atoms with Gasteiger partial charge < -0.3 is 10.2 Å². The monoisotopic (exact) mass is 557 g/mol. The quantitative estimate of drug-likeness (QED) is 0.369. The van der Waals surface area contributed by atoms with Gasteiger partial charge in [-0.3, -0.25) is 13.9 Å². The Kier molecular flexibility index (Phi) is 6.91. The van der Waals surface area contributed by atoms with E-state index in [1.807, 2.05) is 0 Å². The van der Waals surface area contributed by atoms with E-state index in [-0.39, 0.29) is 18.4 Å². The molecule has 0 aliphatic carbocycles. The third-order valence-electron chi connectivity index (χ3n) is 6.78. The van der Waals surface area contributed by atoms with Crippen LogP contribution in [0, 0.1) is 11.6 Å². The Labute approximate surface area is 221 Å². The van der Waals surface area contributed by atoms with Crippen LogP contribution in [0.3, 0.4) is 0 Å². The molecule has 39 heavy (non-hydrogen) atoms. The van der Waals surface area contributed by atoms with Gasteiger partial charge in [-0.15, -0.1) is 0 Å². The van der Waals surface area contributed by atoms with E-state index in [0.29, 0.717) is 53.9 Å². The molecule has 1 aliphatic rings. The lowest BCUT2D eigenvalue weighted by Crippen LogP contribution is -2.44. The average molecular weight is 558 g/mol. The third-order valence-corrected chi connectivity index (χ3v) is 8.18. The molecule has 0 unspecified atom stereocenters. The number of hydrogen-bond acceptors (Lipinski definition) is 7. The smallest absolute Gasteiger partial charge is 0.330 e. The summed E-state index contributed by atoms with van der Waals surface area (Å²) < 4.78 is 52.7. The van der Waals surface area contributed by atoms with Gasteiger partial charge in [0.1, 0.15) is 5.52 Å². The van der Waals surface area contributed by atoms with Gasteiger partial charge in [-0.25, -0.2) is 32.1 Å². The van der Waals surface area contributed by atoms with E-state index < -0.39 is 32.6 Å². The number of amides is 1. The van der Waals surface area contributed by atoms with Gasteiger partial charge in [-0.05, 0) is 54.8 Å². The number of benzene rings is 2. The molecule has 0 spiro atoms. The van der Waals surface area contributed by atoms with Crippen LogP contribution in [0.2, 0.25) is 0 Å². The van der Waals surface area contributed by atoms with Crippen molar-refractivity contribution in [1.82, 2.24) is 24.0 Å². The zero-order valence-corrected chi connectivity index (χ0v) is 21.7. The number of rotatable bonds is 6. The highest BCUT2D eigenvalue weighted by Crippen LogP contribution is 2.21. The fourth-order valence-electron chi connectivity index (χ4n) is 4.61. The molecule has 1 aliphatic heterocycles. The number of nitrogens with zero attached hydrogens (tertiary/aromatic N) is 5. The van der Waals surface area contributed by atoms with Crippen molar-refractivity contribution in [3.05, 3.63) is 81.9 Å². The third kappa shape index (κ3) is 5.38. The summed E-state index contributed by atoms with van der Waals surface area (Å²) in [5.41, 5.74) is 1.83. The molecule has 14 heteroatoms. The molecule has 0 saturated carbocycles. The number of sulfonamides is 1. The molecule has 11 nitrogen and oxygen atoms in total. The van der Waals surface area contributed by atoms with Crippen LogP contribution in [0.1, 0.15) is 28.8 Å². The molecule has 5 rings (SSSR count). The number of carbonyl (C=O) groups is 1. The maximum atomic E-state index is 13.6. The van der Waals surface area contributed by atoms with Gasteiger partial charge in [0.25, 0.3) is 5.91 Å². The van der Waals surface area contributed by atoms with Crippen LogP contribution in [0.25, 0.3) is 11.2 Å². The van der Waals surface area contributed by atoms with Crippen LogP contribution in [0.4, 0.5) is 20.4 Å². The topological polar surface area (TPSA) is 145 Å². The predicted molar refractivity (Wildman–Crippen MR) is 140 cm³/mol. The van der Waals surface area contributed by atoms with E-state index in [2.05, 4.69) is 15.3 Å². The Morgan fingerprint density at radius 1 is 1.10 bits per heavy atom. The molecule has 1 fully saturated rings. The van der Waals surface area contributed by atoms with Crippen LogP contribution in [0.15, 0.2) is 53.5 Å². The highest BCUT2D eigenvalue weighted by atomic mass is 32.2. The van der Waals surface area contributed by atoms with Crippen LogP contribution in [0.5, 0.6) is 0 Å². The van der Waals surface area contributed by atoms with Gasteiger partial charge >= 0.3 is 5.69 Å². The first-order valence-corrected chi connectivity index (χ1v) is 13.7. The van der Waals surface area contributed by atoms with Crippen molar-refractivity contribution >= 4 is 38.7 Å². The Morgan fingerprint density at radius 2 is 1.79 bits per heavy atom. The van der Waals surface area contributed by atoms with E-state index in [9.17, 15) is 26.8 Å². The van der Waals surface area contributed by atoms with E-state index in [0.717, 1.165) is 12.1 Å². The summed E-state index contributed by atoms with van der Waals surface area (Å²) in [5.74, 6) is -1.95. The molecule has 0 radical (unpaired) electrons. The molecule has 1 saturated heterocycles. The number of halogens is 2. The zero-order valence-electron chi connectivity index (χ0n) is 20.8. The molecule has 2 aromatic carbocycles. The number of hydrogen-bond donors (Lipinski definition) is 2. The Bertz CT molecular complexity index is 1730. The van der Waals surface area contributed by atoms with Crippen LogP contribution < -0.4 is 16.1 Å². The van der Waals surface area contributed by atoms with Crippen molar-refractivity contribution < 1.29 is 22.0 Å². The van der Waals surface area contributed by atoms with Gasteiger partial charge in [-0.2, -0.15) is 4.98 Å². The minimum Gasteiger partial charge on any atom is -0.339 e. The number of imidazole rings is 1. The normalized spacial score (nSPS) is 14.6. The lowest BCUT2D eigenvalue weighted by molar-refractivity contribution is 0.0725. The number of piperidine rings is 1. The fourth-order valence-corrected chi connectivity index (χ4v) is 5.48. The first-order valence-electron chi connectivity index (χ1n) is 12.1. The summed E-state index contributed by atoms with van der Waals surface area (Å²) in [5, 5.41) is 7.63. The highest BCUT2D eigenvalue weighted by molar-refractivity contribution is 7.89. The lowest BCUT2D eigenvalue weighted by Gasteiger charge is -2.31. The molecular weight excluding hydrogens is 532 g/mol. The van der Waals surface area contributed by atoms with Crippen molar-refractivity contribution in [2.24, 2.45) is 12.2 Å². The number of fused-ring (bicyclic) bond motifs is 1.